The molecule has 0 radical (unpaired) electrons. The Kier molecular flexibility index (Phi) is 9.34. The number of aromatic nitrogens is 1. The Labute approximate surface area is 232 Å². The van der Waals surface area contributed by atoms with Crippen molar-refractivity contribution in [2.45, 2.75) is 124 Å². The highest BCUT2D eigenvalue weighted by Gasteiger charge is 2.59. The molecule has 3 rings (SSSR count). The van der Waals surface area contributed by atoms with Crippen LogP contribution in [-0.4, -0.2) is 57.0 Å². The molecule has 0 bridgehead atoms. The van der Waals surface area contributed by atoms with E-state index in [4.69, 9.17) is 9.47 Å². The first-order valence-electron chi connectivity index (χ1n) is 13.9. The molecular formula is C30H47NO6S. The molecule has 1 aromatic rings. The molecule has 2 aliphatic heterocycles. The maximum atomic E-state index is 13.3. The fourth-order valence-electron chi connectivity index (χ4n) is 5.99. The van der Waals surface area contributed by atoms with E-state index in [9.17, 15) is 19.8 Å². The third kappa shape index (κ3) is 6.24. The van der Waals surface area contributed by atoms with Gasteiger partial charge in [0, 0.05) is 23.1 Å². The second kappa shape index (κ2) is 11.5. The van der Waals surface area contributed by atoms with Crippen LogP contribution in [0.1, 0.15) is 98.2 Å². The van der Waals surface area contributed by atoms with E-state index in [0.717, 1.165) is 35.5 Å². The van der Waals surface area contributed by atoms with Crippen LogP contribution in [-0.2, 0) is 19.1 Å². The van der Waals surface area contributed by atoms with Crippen LogP contribution in [0.4, 0.5) is 0 Å². The summed E-state index contributed by atoms with van der Waals surface area (Å²) in [4.78, 5) is 31.0. The Morgan fingerprint density at radius 1 is 1.16 bits per heavy atom. The fourth-order valence-corrected chi connectivity index (χ4v) is 6.57. The minimum Gasteiger partial charge on any atom is -0.458 e. The van der Waals surface area contributed by atoms with Crippen molar-refractivity contribution >= 4 is 29.2 Å². The van der Waals surface area contributed by atoms with Crippen LogP contribution >= 0.6 is 11.3 Å². The van der Waals surface area contributed by atoms with Gasteiger partial charge in [-0.05, 0) is 58.1 Å². The van der Waals surface area contributed by atoms with Gasteiger partial charge in [0.2, 0.25) is 0 Å². The molecule has 0 saturated carbocycles. The van der Waals surface area contributed by atoms with Crippen LogP contribution < -0.4 is 0 Å². The molecule has 8 heteroatoms. The van der Waals surface area contributed by atoms with E-state index >= 15 is 0 Å². The van der Waals surface area contributed by atoms with Gasteiger partial charge in [-0.2, -0.15) is 0 Å². The first-order valence-corrected chi connectivity index (χ1v) is 14.8. The van der Waals surface area contributed by atoms with Gasteiger partial charge < -0.3 is 19.7 Å². The zero-order chi connectivity index (χ0) is 28.6. The maximum Gasteiger partial charge on any atom is 0.309 e. The summed E-state index contributed by atoms with van der Waals surface area (Å²) in [5.41, 5.74) is -0.0318. The number of hydrogen-bond acceptors (Lipinski definition) is 8. The lowest BCUT2D eigenvalue weighted by molar-refractivity contribution is -0.306. The largest absolute Gasteiger partial charge is 0.458 e. The topological polar surface area (TPSA) is 106 Å². The number of aryl methyl sites for hydroxylation is 1. The number of cyclic esters (lactones) is 1. The van der Waals surface area contributed by atoms with Crippen LogP contribution in [0.25, 0.3) is 6.08 Å². The molecular weight excluding hydrogens is 502 g/mol. The zero-order valence-corrected chi connectivity index (χ0v) is 25.4. The summed E-state index contributed by atoms with van der Waals surface area (Å²) in [6, 6.07) is 0. The molecule has 1 aromatic heterocycles. The number of thiazole rings is 1. The molecule has 7 atom stereocenters. The Morgan fingerprint density at radius 2 is 1.82 bits per heavy atom. The zero-order valence-electron chi connectivity index (χ0n) is 24.5. The standard InChI is InChI=1S/C30H47NO6S/c1-17-11-10-12-30(9)24(37-29(30,7)8)14-22(18(2)13-21-16-38-20(4)31-21)36-25(33)15-23(32)28(5,6)27(35)19(3)26(17)34/h13,16-17,19,22-24,26,32,34H,10-12,14-15H2,1-9H3/b18-13+. The number of carbonyl (C=O) groups excluding carboxylic acids is 2. The molecule has 2 saturated heterocycles. The first-order chi connectivity index (χ1) is 17.5. The predicted octanol–water partition coefficient (Wildman–Crippen LogP) is 5.50. The number of aliphatic hydroxyl groups excluding tert-OH is 2. The monoisotopic (exact) mass is 549 g/mol. The Morgan fingerprint density at radius 3 is 2.39 bits per heavy atom. The Balaban J connectivity index is 1.95. The number of fused-ring (bicyclic) bond motifs is 1. The Bertz CT molecular complexity index is 1050. The SMILES string of the molecule is C/C(=C\c1csc(C)n1)C1CC2OC(C)(C)C2(C)CCCC(C)C(O)C(C)C(=O)C(C)(C)C(O)CC(=O)O1. The minimum atomic E-state index is -1.24. The molecule has 2 N–H and O–H groups in total. The van der Waals surface area contributed by atoms with Gasteiger partial charge in [0.1, 0.15) is 11.9 Å². The van der Waals surface area contributed by atoms with Crippen molar-refractivity contribution in [3.8, 4) is 0 Å². The second-order valence-corrected chi connectivity index (χ2v) is 13.9. The van der Waals surface area contributed by atoms with Gasteiger partial charge in [-0.25, -0.2) is 4.98 Å². The molecule has 2 aliphatic rings. The van der Waals surface area contributed by atoms with Crippen molar-refractivity contribution in [3.63, 3.8) is 0 Å². The number of nitrogens with zero attached hydrogens (tertiary/aromatic N) is 1. The molecule has 38 heavy (non-hydrogen) atoms. The van der Waals surface area contributed by atoms with Crippen molar-refractivity contribution in [1.29, 1.82) is 0 Å². The van der Waals surface area contributed by atoms with Crippen LogP contribution in [0.15, 0.2) is 11.0 Å². The lowest BCUT2D eigenvalue weighted by Crippen LogP contribution is -2.65. The molecule has 7 unspecified atom stereocenters. The van der Waals surface area contributed by atoms with Crippen molar-refractivity contribution < 1.29 is 29.3 Å². The molecule has 3 heterocycles. The van der Waals surface area contributed by atoms with Gasteiger partial charge in [0.05, 0.1) is 46.5 Å². The fraction of sp³-hybridized carbons (Fsp3) is 0.767. The Hall–Kier alpha value is -1.61. The highest BCUT2D eigenvalue weighted by molar-refractivity contribution is 7.09. The molecule has 7 nitrogen and oxygen atoms in total. The summed E-state index contributed by atoms with van der Waals surface area (Å²) >= 11 is 1.56. The summed E-state index contributed by atoms with van der Waals surface area (Å²) in [5, 5.41) is 24.9. The number of rotatable bonds is 2. The summed E-state index contributed by atoms with van der Waals surface area (Å²) in [7, 11) is 0. The van der Waals surface area contributed by atoms with E-state index in [0.29, 0.717) is 6.42 Å². The maximum absolute atomic E-state index is 13.3. The highest BCUT2D eigenvalue weighted by Crippen LogP contribution is 2.55. The lowest BCUT2D eigenvalue weighted by atomic mass is 9.61. The van der Waals surface area contributed by atoms with Crippen LogP contribution in [0.3, 0.4) is 0 Å². The number of ether oxygens (including phenoxy) is 2. The first kappa shape index (κ1) is 30.9. The van der Waals surface area contributed by atoms with Gasteiger partial charge in [-0.15, -0.1) is 11.3 Å². The number of hydrogen-bond donors (Lipinski definition) is 2. The van der Waals surface area contributed by atoms with E-state index in [1.807, 2.05) is 32.2 Å². The quantitative estimate of drug-likeness (QED) is 0.469. The van der Waals surface area contributed by atoms with E-state index in [1.54, 1.807) is 32.1 Å². The third-order valence-corrected chi connectivity index (χ3v) is 10.2. The smallest absolute Gasteiger partial charge is 0.309 e. The van der Waals surface area contributed by atoms with Gasteiger partial charge in [0.25, 0.3) is 0 Å². The van der Waals surface area contributed by atoms with Gasteiger partial charge in [0.15, 0.2) is 0 Å². The van der Waals surface area contributed by atoms with Crippen LogP contribution in [0, 0.1) is 29.6 Å². The molecule has 0 amide bonds. The average Bonchev–Trinajstić information content (AvgIpc) is 3.24. The van der Waals surface area contributed by atoms with Crippen LogP contribution in [0.2, 0.25) is 0 Å². The summed E-state index contributed by atoms with van der Waals surface area (Å²) in [6.45, 7) is 17.3. The average molecular weight is 550 g/mol. The molecule has 2 fully saturated rings. The number of ketones is 1. The normalized spacial score (nSPS) is 37.2. The van der Waals surface area contributed by atoms with Gasteiger partial charge >= 0.3 is 5.97 Å². The lowest BCUT2D eigenvalue weighted by Gasteiger charge is -2.61. The summed E-state index contributed by atoms with van der Waals surface area (Å²) < 4.78 is 12.4. The summed E-state index contributed by atoms with van der Waals surface area (Å²) in [6.07, 6.45) is 1.93. The third-order valence-electron chi connectivity index (χ3n) is 9.44. The number of esters is 1. The molecule has 0 aliphatic carbocycles. The summed E-state index contributed by atoms with van der Waals surface area (Å²) in [5.74, 6) is -1.56. The van der Waals surface area contributed by atoms with Gasteiger partial charge in [-0.1, -0.05) is 41.0 Å². The predicted molar refractivity (Wildman–Crippen MR) is 150 cm³/mol. The van der Waals surface area contributed by atoms with Gasteiger partial charge in [-0.3, -0.25) is 9.59 Å². The van der Waals surface area contributed by atoms with Crippen molar-refractivity contribution in [1.82, 2.24) is 4.98 Å². The molecule has 0 aromatic carbocycles. The van der Waals surface area contributed by atoms with Crippen molar-refractivity contribution in [2.75, 3.05) is 0 Å². The van der Waals surface area contributed by atoms with E-state index in [1.165, 1.54) is 0 Å². The van der Waals surface area contributed by atoms with E-state index in [2.05, 4.69) is 25.8 Å². The molecule has 214 valence electrons. The highest BCUT2D eigenvalue weighted by atomic mass is 32.1. The van der Waals surface area contributed by atoms with Crippen LogP contribution in [0.5, 0.6) is 0 Å². The molecule has 0 spiro atoms. The van der Waals surface area contributed by atoms with E-state index in [-0.39, 0.29) is 35.2 Å². The number of carbonyl (C=O) groups is 2. The minimum absolute atomic E-state index is 0.0783. The number of Topliss-reactive ketones (excluding diaryl/α,β-unsaturated/α-hetero) is 1. The van der Waals surface area contributed by atoms with E-state index < -0.39 is 35.6 Å². The second-order valence-electron chi connectivity index (χ2n) is 12.9. The number of aliphatic hydroxyl groups is 2. The van der Waals surface area contributed by atoms with Crippen molar-refractivity contribution in [3.05, 3.63) is 21.7 Å². The van der Waals surface area contributed by atoms with Crippen molar-refractivity contribution in [2.24, 2.45) is 22.7 Å².